The summed E-state index contributed by atoms with van der Waals surface area (Å²) in [4.78, 5) is 12.9. The van der Waals surface area contributed by atoms with Crippen molar-refractivity contribution < 1.29 is 9.53 Å². The van der Waals surface area contributed by atoms with E-state index in [2.05, 4.69) is 95.9 Å². The fraction of sp³-hybridized carbons (Fsp3) is 0. The normalized spacial score (nSPS) is 10.3. The summed E-state index contributed by atoms with van der Waals surface area (Å²) in [6.07, 6.45) is 2.23. The van der Waals surface area contributed by atoms with Gasteiger partial charge in [-0.25, -0.2) is 0 Å². The van der Waals surface area contributed by atoms with E-state index in [0.717, 1.165) is 22.6 Å². The maximum atomic E-state index is 10.7. The monoisotopic (exact) mass is 467 g/mol. The van der Waals surface area contributed by atoms with Gasteiger partial charge in [0.15, 0.2) is 0 Å². The van der Waals surface area contributed by atoms with Gasteiger partial charge in [-0.05, 0) is 76.9 Å². The maximum absolute atomic E-state index is 10.7. The minimum Gasteiger partial charge on any atom is -0.429 e. The Balaban J connectivity index is 1.52. The minimum absolute atomic E-state index is 0.440. The number of nitrogens with zero attached hydrogens (tertiary/aromatic N) is 1. The molecule has 0 N–H and O–H groups in total. The van der Waals surface area contributed by atoms with Gasteiger partial charge in [-0.15, -0.1) is 0 Å². The lowest BCUT2D eigenvalue weighted by Crippen LogP contribution is -2.09. The first-order valence-corrected chi connectivity index (χ1v) is 11.8. The Hall–Kier alpha value is -4.89. The zero-order chi connectivity index (χ0) is 24.6. The molecule has 0 aliphatic heterocycles. The summed E-state index contributed by atoms with van der Waals surface area (Å²) in [5.41, 5.74) is 7.69. The zero-order valence-corrected chi connectivity index (χ0v) is 19.7. The predicted octanol–water partition coefficient (Wildman–Crippen LogP) is 8.28. The third kappa shape index (κ3) is 5.26. The number of anilines is 3. The van der Waals surface area contributed by atoms with E-state index in [1.54, 1.807) is 12.1 Å². The topological polar surface area (TPSA) is 29.5 Å². The molecule has 0 fully saturated rings. The lowest BCUT2D eigenvalue weighted by molar-refractivity contribution is -0.120. The van der Waals surface area contributed by atoms with Crippen LogP contribution in [0.25, 0.3) is 11.6 Å². The number of hydrogen-bond acceptors (Lipinski definition) is 3. The number of hydrogen-bond donors (Lipinski definition) is 0. The quantitative estimate of drug-likeness (QED) is 0.170. The first-order valence-electron chi connectivity index (χ1n) is 11.8. The van der Waals surface area contributed by atoms with Crippen LogP contribution in [-0.4, -0.2) is 6.47 Å². The van der Waals surface area contributed by atoms with Crippen LogP contribution in [0.2, 0.25) is 0 Å². The molecule has 3 nitrogen and oxygen atoms in total. The fourth-order valence-corrected chi connectivity index (χ4v) is 4.21. The van der Waals surface area contributed by atoms with E-state index >= 15 is 0 Å². The lowest BCUT2D eigenvalue weighted by Gasteiger charge is -2.25. The molecule has 0 aromatic heterocycles. The maximum Gasteiger partial charge on any atom is 0.298 e. The van der Waals surface area contributed by atoms with Crippen molar-refractivity contribution in [1.29, 1.82) is 0 Å². The van der Waals surface area contributed by atoms with Crippen LogP contribution >= 0.6 is 0 Å². The highest BCUT2D eigenvalue weighted by molar-refractivity contribution is 5.91. The largest absolute Gasteiger partial charge is 0.429 e. The third-order valence-corrected chi connectivity index (χ3v) is 5.93. The molecule has 0 saturated heterocycles. The average Bonchev–Trinajstić information content (AvgIpc) is 2.95. The van der Waals surface area contributed by atoms with Crippen LogP contribution in [0.4, 0.5) is 17.1 Å². The van der Waals surface area contributed by atoms with Gasteiger partial charge in [0.2, 0.25) is 0 Å². The highest BCUT2D eigenvalue weighted by Gasteiger charge is 2.13. The molecule has 174 valence electrons. The summed E-state index contributed by atoms with van der Waals surface area (Å²) in [7, 11) is 0. The number of ether oxygens (including phenoxy) is 1. The van der Waals surface area contributed by atoms with E-state index in [4.69, 9.17) is 4.74 Å². The number of carbonyl (C=O) groups excluding carboxylic acids is 1. The van der Waals surface area contributed by atoms with Gasteiger partial charge in [-0.1, -0.05) is 91.0 Å². The second-order valence-corrected chi connectivity index (χ2v) is 8.26. The first-order chi connectivity index (χ1) is 17.8. The van der Waals surface area contributed by atoms with Crippen LogP contribution in [0, 0.1) is 0 Å². The Bertz CT molecular complexity index is 1390. The van der Waals surface area contributed by atoms with Gasteiger partial charge in [-0.3, -0.25) is 4.79 Å². The van der Waals surface area contributed by atoms with Crippen LogP contribution in [0.15, 0.2) is 140 Å². The van der Waals surface area contributed by atoms with Gasteiger partial charge in [0, 0.05) is 17.1 Å². The molecule has 5 aromatic carbocycles. The Morgan fingerprint density at radius 1 is 0.528 bits per heavy atom. The van der Waals surface area contributed by atoms with Gasteiger partial charge >= 0.3 is 0 Å². The van der Waals surface area contributed by atoms with Crippen molar-refractivity contribution in [2.24, 2.45) is 0 Å². The van der Waals surface area contributed by atoms with E-state index in [-0.39, 0.29) is 0 Å². The Morgan fingerprint density at radius 3 is 1.47 bits per heavy atom. The molecule has 0 radical (unpaired) electrons. The van der Waals surface area contributed by atoms with E-state index in [9.17, 15) is 4.79 Å². The molecule has 0 bridgehead atoms. The Morgan fingerprint density at radius 2 is 0.972 bits per heavy atom. The number of carbonyl (C=O) groups is 1. The van der Waals surface area contributed by atoms with Crippen molar-refractivity contribution in [3.8, 4) is 5.75 Å². The second kappa shape index (κ2) is 11.0. The minimum atomic E-state index is 0.440. The van der Waals surface area contributed by atoms with Crippen molar-refractivity contribution in [3.05, 3.63) is 156 Å². The average molecular weight is 468 g/mol. The van der Waals surface area contributed by atoms with Crippen molar-refractivity contribution in [1.82, 2.24) is 0 Å². The number of benzene rings is 5. The van der Waals surface area contributed by atoms with Crippen molar-refractivity contribution in [2.75, 3.05) is 4.90 Å². The summed E-state index contributed by atoms with van der Waals surface area (Å²) in [5, 5.41) is 0. The van der Waals surface area contributed by atoms with Gasteiger partial charge in [0.05, 0.1) is 0 Å². The Labute approximate surface area is 211 Å². The zero-order valence-electron chi connectivity index (χ0n) is 19.7. The highest BCUT2D eigenvalue weighted by atomic mass is 16.5. The van der Waals surface area contributed by atoms with E-state index in [1.807, 2.05) is 42.5 Å². The van der Waals surface area contributed by atoms with Crippen LogP contribution in [-0.2, 0) is 4.79 Å². The van der Waals surface area contributed by atoms with Crippen molar-refractivity contribution >= 4 is 35.2 Å². The molecule has 0 aliphatic rings. The van der Waals surface area contributed by atoms with Gasteiger partial charge < -0.3 is 9.64 Å². The number of rotatable bonds is 8. The molecular formula is C33H25NO2. The molecule has 0 atom stereocenters. The molecule has 5 rings (SSSR count). The summed E-state index contributed by atoms with van der Waals surface area (Å²) in [6, 6.07) is 47.1. The van der Waals surface area contributed by atoms with Crippen LogP contribution in [0.1, 0.15) is 16.7 Å². The van der Waals surface area contributed by atoms with Gasteiger partial charge in [-0.2, -0.15) is 0 Å². The summed E-state index contributed by atoms with van der Waals surface area (Å²) >= 11 is 0. The first kappa shape index (κ1) is 22.9. The van der Waals surface area contributed by atoms with E-state index in [1.165, 1.54) is 16.7 Å². The molecule has 36 heavy (non-hydrogen) atoms. The molecule has 0 amide bonds. The van der Waals surface area contributed by atoms with Crippen LogP contribution < -0.4 is 9.64 Å². The smallest absolute Gasteiger partial charge is 0.298 e. The Kier molecular flexibility index (Phi) is 7.01. The summed E-state index contributed by atoms with van der Waals surface area (Å²) in [6.45, 7) is 0.440. The molecule has 0 saturated carbocycles. The molecular weight excluding hydrogens is 442 g/mol. The summed E-state index contributed by atoms with van der Waals surface area (Å²) < 4.78 is 4.97. The fourth-order valence-electron chi connectivity index (χ4n) is 4.21. The molecule has 5 aromatic rings. The summed E-state index contributed by atoms with van der Waals surface area (Å²) in [5.74, 6) is 0.511. The van der Waals surface area contributed by atoms with Crippen molar-refractivity contribution in [2.45, 2.75) is 0 Å². The second-order valence-electron chi connectivity index (χ2n) is 8.26. The molecule has 0 aliphatic carbocycles. The molecule has 0 unspecified atom stereocenters. The molecule has 0 spiro atoms. The third-order valence-electron chi connectivity index (χ3n) is 5.93. The molecule has 0 heterocycles. The number of para-hydroxylation sites is 1. The van der Waals surface area contributed by atoms with E-state index < -0.39 is 0 Å². The van der Waals surface area contributed by atoms with Crippen LogP contribution in [0.3, 0.4) is 0 Å². The lowest BCUT2D eigenvalue weighted by atomic mass is 9.95. The van der Waals surface area contributed by atoms with Gasteiger partial charge in [0.25, 0.3) is 6.47 Å². The van der Waals surface area contributed by atoms with Crippen LogP contribution in [0.5, 0.6) is 5.75 Å². The SMILES string of the molecule is O=COc1ccc(N(c2ccccc2)c2ccc(C=C(c3ccccc3)c3ccccc3)cc2)cc1. The molecule has 3 heteroatoms. The van der Waals surface area contributed by atoms with Gasteiger partial charge in [0.1, 0.15) is 5.75 Å². The highest BCUT2D eigenvalue weighted by Crippen LogP contribution is 2.35. The van der Waals surface area contributed by atoms with E-state index in [0.29, 0.717) is 12.2 Å². The van der Waals surface area contributed by atoms with Crippen molar-refractivity contribution in [3.63, 3.8) is 0 Å². The standard InChI is InChI=1S/C33H25NO2/c35-25-36-32-22-20-31(21-23-32)34(29-14-8-3-9-15-29)30-18-16-26(17-19-30)24-33(27-10-4-1-5-11-27)28-12-6-2-7-13-28/h1-25H. The predicted molar refractivity (Wildman–Crippen MR) is 148 cm³/mol.